The number of carbonyl (C=O) groups excluding carboxylic acids is 1. The Hall–Kier alpha value is -1.34. The number of aryl methyl sites for hydroxylation is 1. The van der Waals surface area contributed by atoms with Gasteiger partial charge in [-0.05, 0) is 35.0 Å². The molecule has 0 aliphatic heterocycles. The van der Waals surface area contributed by atoms with E-state index in [-0.39, 0.29) is 5.97 Å². The van der Waals surface area contributed by atoms with E-state index in [1.807, 2.05) is 19.2 Å². The lowest BCUT2D eigenvalue weighted by Crippen LogP contribution is -2.08. The average molecular weight is 356 g/mol. The zero-order valence-electron chi connectivity index (χ0n) is 11.2. The molecule has 0 unspecified atom stereocenters. The molecule has 2 aromatic rings. The Bertz CT molecular complexity index is 598. The quantitative estimate of drug-likeness (QED) is 0.609. The van der Waals surface area contributed by atoms with Crippen molar-refractivity contribution >= 4 is 33.7 Å². The minimum Gasteiger partial charge on any atom is -0.462 e. The molecule has 0 radical (unpaired) electrons. The number of halogens is 1. The van der Waals surface area contributed by atoms with Crippen LogP contribution in [0.25, 0.3) is 0 Å². The van der Waals surface area contributed by atoms with Crippen LogP contribution in [0.1, 0.15) is 23.0 Å². The third-order valence-electron chi connectivity index (χ3n) is 2.61. The number of aromatic nitrogens is 3. The molecular formula is C13H14BrN3O2S. The summed E-state index contributed by atoms with van der Waals surface area (Å²) < 4.78 is 7.66. The Kier molecular flexibility index (Phi) is 5.19. The van der Waals surface area contributed by atoms with Gasteiger partial charge in [0.15, 0.2) is 0 Å². The lowest BCUT2D eigenvalue weighted by Gasteiger charge is -2.05. The highest BCUT2D eigenvalue weighted by atomic mass is 79.9. The van der Waals surface area contributed by atoms with Gasteiger partial charge in [0.25, 0.3) is 0 Å². The fraction of sp³-hybridized carbons (Fsp3) is 0.308. The minimum absolute atomic E-state index is 0.333. The van der Waals surface area contributed by atoms with E-state index in [1.165, 1.54) is 0 Å². The molecule has 5 nitrogen and oxygen atoms in total. The molecule has 0 atom stereocenters. The van der Waals surface area contributed by atoms with Crippen molar-refractivity contribution in [1.82, 2.24) is 14.8 Å². The van der Waals surface area contributed by atoms with E-state index >= 15 is 0 Å². The molecule has 0 saturated heterocycles. The number of nitrogens with zero attached hydrogens (tertiary/aromatic N) is 3. The Labute approximate surface area is 129 Å². The van der Waals surface area contributed by atoms with E-state index in [2.05, 4.69) is 26.0 Å². The van der Waals surface area contributed by atoms with E-state index in [4.69, 9.17) is 4.74 Å². The van der Waals surface area contributed by atoms with Crippen LogP contribution in [0.15, 0.2) is 34.0 Å². The normalized spacial score (nSPS) is 10.6. The van der Waals surface area contributed by atoms with E-state index in [1.54, 1.807) is 35.8 Å². The van der Waals surface area contributed by atoms with Crippen LogP contribution < -0.4 is 0 Å². The molecule has 0 bridgehead atoms. The second-order valence-electron chi connectivity index (χ2n) is 3.95. The fourth-order valence-corrected chi connectivity index (χ4v) is 2.76. The number of rotatable bonds is 5. The van der Waals surface area contributed by atoms with Gasteiger partial charge >= 0.3 is 5.97 Å². The molecule has 2 rings (SSSR count). The van der Waals surface area contributed by atoms with Gasteiger partial charge in [0.2, 0.25) is 0 Å². The van der Waals surface area contributed by atoms with Crippen molar-refractivity contribution in [2.75, 3.05) is 6.61 Å². The maximum Gasteiger partial charge on any atom is 0.341 e. The van der Waals surface area contributed by atoms with E-state index in [0.717, 1.165) is 15.2 Å². The minimum atomic E-state index is -0.333. The topological polar surface area (TPSA) is 57.0 Å². The molecule has 2 aromatic heterocycles. The van der Waals surface area contributed by atoms with Crippen molar-refractivity contribution in [3.8, 4) is 0 Å². The summed E-state index contributed by atoms with van der Waals surface area (Å²) in [4.78, 5) is 16.1. The summed E-state index contributed by atoms with van der Waals surface area (Å²) in [5, 5.41) is 5.01. The van der Waals surface area contributed by atoms with Crippen LogP contribution >= 0.6 is 27.7 Å². The van der Waals surface area contributed by atoms with Gasteiger partial charge in [-0.3, -0.25) is 4.68 Å². The SMILES string of the molecule is CCOC(=O)c1cnn(C)c1CSc1ccc(Br)cn1. The molecule has 0 aromatic carbocycles. The molecule has 0 fully saturated rings. The van der Waals surface area contributed by atoms with Crippen molar-refractivity contribution in [1.29, 1.82) is 0 Å². The highest BCUT2D eigenvalue weighted by Crippen LogP contribution is 2.23. The maximum absolute atomic E-state index is 11.8. The lowest BCUT2D eigenvalue weighted by atomic mass is 10.3. The van der Waals surface area contributed by atoms with Crippen molar-refractivity contribution in [3.05, 3.63) is 40.3 Å². The standard InChI is InChI=1S/C13H14BrN3O2S/c1-3-19-13(18)10-7-16-17(2)11(10)8-20-12-5-4-9(14)6-15-12/h4-7H,3,8H2,1-2H3. The molecule has 106 valence electrons. The molecule has 2 heterocycles. The van der Waals surface area contributed by atoms with Crippen LogP contribution in [-0.2, 0) is 17.5 Å². The number of thioether (sulfide) groups is 1. The number of pyridine rings is 1. The molecule has 7 heteroatoms. The molecule has 0 N–H and O–H groups in total. The second-order valence-corrected chi connectivity index (χ2v) is 5.86. The van der Waals surface area contributed by atoms with Gasteiger partial charge in [-0.15, -0.1) is 11.8 Å². The Morgan fingerprint density at radius 2 is 2.25 bits per heavy atom. The number of carbonyl (C=O) groups is 1. The summed E-state index contributed by atoms with van der Waals surface area (Å²) in [5.74, 6) is 0.277. The monoisotopic (exact) mass is 355 g/mol. The first-order chi connectivity index (χ1) is 9.61. The van der Waals surface area contributed by atoms with Gasteiger partial charge in [0.05, 0.1) is 23.5 Å². The smallest absolute Gasteiger partial charge is 0.341 e. The van der Waals surface area contributed by atoms with Gasteiger partial charge in [-0.2, -0.15) is 5.10 Å². The molecular weight excluding hydrogens is 342 g/mol. The van der Waals surface area contributed by atoms with E-state index in [0.29, 0.717) is 17.9 Å². The average Bonchev–Trinajstić information content (AvgIpc) is 2.80. The summed E-state index contributed by atoms with van der Waals surface area (Å²) in [5.41, 5.74) is 1.34. The van der Waals surface area contributed by atoms with Gasteiger partial charge in [0.1, 0.15) is 5.56 Å². The molecule has 0 amide bonds. The van der Waals surface area contributed by atoms with E-state index in [9.17, 15) is 4.79 Å². The van der Waals surface area contributed by atoms with Crippen LogP contribution in [0.3, 0.4) is 0 Å². The van der Waals surface area contributed by atoms with Crippen molar-refractivity contribution < 1.29 is 9.53 Å². The van der Waals surface area contributed by atoms with Crippen molar-refractivity contribution in [3.63, 3.8) is 0 Å². The first-order valence-electron chi connectivity index (χ1n) is 6.04. The van der Waals surface area contributed by atoms with Crippen molar-refractivity contribution in [2.45, 2.75) is 17.7 Å². The maximum atomic E-state index is 11.8. The highest BCUT2D eigenvalue weighted by Gasteiger charge is 2.17. The van der Waals surface area contributed by atoms with Crippen LogP contribution in [0.4, 0.5) is 0 Å². The van der Waals surface area contributed by atoms with Gasteiger partial charge in [-0.25, -0.2) is 9.78 Å². The van der Waals surface area contributed by atoms with Crippen LogP contribution in [0.2, 0.25) is 0 Å². The number of hydrogen-bond acceptors (Lipinski definition) is 5. The molecule has 0 aliphatic carbocycles. The summed E-state index contributed by atoms with van der Waals surface area (Å²) in [6, 6.07) is 3.86. The summed E-state index contributed by atoms with van der Waals surface area (Å²) in [6.45, 7) is 2.14. The summed E-state index contributed by atoms with van der Waals surface area (Å²) in [6.07, 6.45) is 3.29. The second kappa shape index (κ2) is 6.90. The molecule has 0 aliphatic rings. The summed E-state index contributed by atoms with van der Waals surface area (Å²) >= 11 is 4.90. The van der Waals surface area contributed by atoms with Crippen LogP contribution in [0, 0.1) is 0 Å². The number of hydrogen-bond donors (Lipinski definition) is 0. The zero-order valence-corrected chi connectivity index (χ0v) is 13.6. The number of esters is 1. The molecule has 0 saturated carbocycles. The van der Waals surface area contributed by atoms with Crippen LogP contribution in [-0.4, -0.2) is 27.3 Å². The fourth-order valence-electron chi connectivity index (χ4n) is 1.60. The first kappa shape index (κ1) is 15.1. The predicted molar refractivity (Wildman–Crippen MR) is 80.7 cm³/mol. The Morgan fingerprint density at radius 3 is 2.90 bits per heavy atom. The summed E-state index contributed by atoms with van der Waals surface area (Å²) in [7, 11) is 1.81. The Morgan fingerprint density at radius 1 is 1.45 bits per heavy atom. The predicted octanol–water partition coefficient (Wildman–Crippen LogP) is 3.05. The van der Waals surface area contributed by atoms with Gasteiger partial charge in [0, 0.05) is 23.5 Å². The zero-order chi connectivity index (χ0) is 14.5. The largest absolute Gasteiger partial charge is 0.462 e. The van der Waals surface area contributed by atoms with E-state index < -0.39 is 0 Å². The third kappa shape index (κ3) is 3.61. The molecule has 20 heavy (non-hydrogen) atoms. The Balaban J connectivity index is 2.11. The van der Waals surface area contributed by atoms with Crippen molar-refractivity contribution in [2.24, 2.45) is 7.05 Å². The first-order valence-corrected chi connectivity index (χ1v) is 7.82. The third-order valence-corrected chi connectivity index (χ3v) is 4.04. The number of ether oxygens (including phenoxy) is 1. The van der Waals surface area contributed by atoms with Crippen LogP contribution in [0.5, 0.6) is 0 Å². The van der Waals surface area contributed by atoms with Gasteiger partial charge in [-0.1, -0.05) is 0 Å². The lowest BCUT2D eigenvalue weighted by molar-refractivity contribution is 0.0525. The molecule has 0 spiro atoms. The highest BCUT2D eigenvalue weighted by molar-refractivity contribution is 9.10. The van der Waals surface area contributed by atoms with Gasteiger partial charge < -0.3 is 4.74 Å².